The van der Waals surface area contributed by atoms with Gasteiger partial charge in [0, 0.05) is 17.3 Å². The van der Waals surface area contributed by atoms with Gasteiger partial charge in [-0.05, 0) is 45.0 Å². The number of rotatable bonds is 2. The summed E-state index contributed by atoms with van der Waals surface area (Å²) in [6, 6.07) is 2.76. The molecule has 0 spiro atoms. The maximum atomic E-state index is 14.5. The molecule has 1 aromatic carbocycles. The Hall–Kier alpha value is -2.68. The maximum Gasteiger partial charge on any atom is 0.403 e. The second kappa shape index (κ2) is 6.44. The lowest BCUT2D eigenvalue weighted by molar-refractivity contribution is -0.191. The summed E-state index contributed by atoms with van der Waals surface area (Å²) in [6.07, 6.45) is -2.72. The molecule has 0 aliphatic carbocycles. The Balaban J connectivity index is 2.28. The van der Waals surface area contributed by atoms with Crippen molar-refractivity contribution in [3.8, 4) is 0 Å². The highest BCUT2D eigenvalue weighted by Crippen LogP contribution is 2.55. The standard InChI is InChI=1S/C19H18F4N2O3/c1-17(2,3)28-15(26)10-18(19(21,22)23)12-5-4-8-25(27)16(12)24-14-7-6-11(20)9-13(14)18/h4-9,27H,10H2,1-3H3. The van der Waals surface area contributed by atoms with Crippen LogP contribution in [0.1, 0.15) is 32.8 Å². The molecule has 0 radical (unpaired) electrons. The minimum atomic E-state index is -5.01. The third-order valence-corrected chi connectivity index (χ3v) is 4.37. The highest BCUT2D eigenvalue weighted by Gasteiger charge is 2.63. The van der Waals surface area contributed by atoms with Crippen molar-refractivity contribution in [3.63, 3.8) is 0 Å². The monoisotopic (exact) mass is 398 g/mol. The molecule has 28 heavy (non-hydrogen) atoms. The molecule has 1 unspecified atom stereocenters. The molecule has 2 heterocycles. The number of hydrogen-bond donors (Lipinski definition) is 1. The summed E-state index contributed by atoms with van der Waals surface area (Å²) in [5, 5.41) is 10.5. The lowest BCUT2D eigenvalue weighted by Crippen LogP contribution is -2.52. The van der Waals surface area contributed by atoms with Crippen LogP contribution in [0.4, 0.5) is 23.2 Å². The van der Waals surface area contributed by atoms with E-state index in [9.17, 15) is 27.6 Å². The molecule has 0 saturated heterocycles. The van der Waals surface area contributed by atoms with Crippen LogP contribution in [0, 0.1) is 5.82 Å². The van der Waals surface area contributed by atoms with E-state index in [-0.39, 0.29) is 11.5 Å². The zero-order valence-corrected chi connectivity index (χ0v) is 15.3. The smallest absolute Gasteiger partial charge is 0.403 e. The molecular weight excluding hydrogens is 380 g/mol. The average molecular weight is 398 g/mol. The number of aliphatic imine (C=N–C) groups is 1. The molecular formula is C19H18F4N2O3. The molecule has 5 nitrogen and oxygen atoms in total. The number of ether oxygens (including phenoxy) is 1. The van der Waals surface area contributed by atoms with Crippen LogP contribution < -0.4 is 0 Å². The summed E-state index contributed by atoms with van der Waals surface area (Å²) < 4.78 is 62.7. The van der Waals surface area contributed by atoms with Gasteiger partial charge in [-0.2, -0.15) is 13.2 Å². The van der Waals surface area contributed by atoms with Gasteiger partial charge in [0.2, 0.25) is 0 Å². The fourth-order valence-corrected chi connectivity index (χ4v) is 3.33. The summed E-state index contributed by atoms with van der Waals surface area (Å²) >= 11 is 0. The number of carbonyl (C=O) groups is 1. The molecule has 150 valence electrons. The van der Waals surface area contributed by atoms with Gasteiger partial charge in [0.1, 0.15) is 16.8 Å². The molecule has 2 aliphatic heterocycles. The van der Waals surface area contributed by atoms with Crippen molar-refractivity contribution in [3.05, 3.63) is 53.5 Å². The van der Waals surface area contributed by atoms with Crippen LogP contribution in [-0.2, 0) is 14.9 Å². The quantitative estimate of drug-likeness (QED) is 0.587. The minimum absolute atomic E-state index is 0.191. The summed E-state index contributed by atoms with van der Waals surface area (Å²) in [5.74, 6) is -2.40. The summed E-state index contributed by atoms with van der Waals surface area (Å²) in [6.45, 7) is 4.60. The molecule has 1 N–H and O–H groups in total. The number of nitrogens with zero attached hydrogens (tertiary/aromatic N) is 2. The Kier molecular flexibility index (Phi) is 4.61. The number of alkyl halides is 3. The van der Waals surface area contributed by atoms with Crippen LogP contribution in [0.5, 0.6) is 0 Å². The highest BCUT2D eigenvalue weighted by atomic mass is 19.4. The van der Waals surface area contributed by atoms with E-state index in [0.717, 1.165) is 24.4 Å². The molecule has 2 aliphatic rings. The van der Waals surface area contributed by atoms with Crippen molar-refractivity contribution >= 4 is 17.5 Å². The zero-order valence-electron chi connectivity index (χ0n) is 15.3. The third kappa shape index (κ3) is 3.30. The highest BCUT2D eigenvalue weighted by molar-refractivity contribution is 6.06. The maximum absolute atomic E-state index is 14.5. The van der Waals surface area contributed by atoms with Crippen molar-refractivity contribution in [2.24, 2.45) is 4.99 Å². The number of amidine groups is 1. The number of hydrogen-bond acceptors (Lipinski definition) is 5. The SMILES string of the molecule is CC(C)(C)OC(=O)CC1(C(F)(F)F)C2=CC=CN(O)C2=Nc2ccc(F)cc21. The lowest BCUT2D eigenvalue weighted by atomic mass is 9.67. The van der Waals surface area contributed by atoms with Gasteiger partial charge in [-0.3, -0.25) is 10.0 Å². The fourth-order valence-electron chi connectivity index (χ4n) is 3.33. The third-order valence-electron chi connectivity index (χ3n) is 4.37. The van der Waals surface area contributed by atoms with Crippen LogP contribution in [0.25, 0.3) is 0 Å². The van der Waals surface area contributed by atoms with Crippen LogP contribution in [0.3, 0.4) is 0 Å². The Labute approximate surface area is 158 Å². The van der Waals surface area contributed by atoms with E-state index in [2.05, 4.69) is 4.99 Å². The molecule has 9 heteroatoms. The predicted molar refractivity (Wildman–Crippen MR) is 92.5 cm³/mol. The number of benzene rings is 1. The van der Waals surface area contributed by atoms with Gasteiger partial charge in [-0.15, -0.1) is 0 Å². The Bertz CT molecular complexity index is 913. The van der Waals surface area contributed by atoms with E-state index in [1.807, 2.05) is 0 Å². The van der Waals surface area contributed by atoms with E-state index in [1.54, 1.807) is 0 Å². The number of halogens is 4. The summed E-state index contributed by atoms with van der Waals surface area (Å²) in [5.41, 5.74) is -5.11. The molecule has 3 rings (SSSR count). The first-order valence-corrected chi connectivity index (χ1v) is 8.40. The molecule has 0 bridgehead atoms. The summed E-state index contributed by atoms with van der Waals surface area (Å²) in [4.78, 5) is 16.5. The van der Waals surface area contributed by atoms with Gasteiger partial charge in [-0.25, -0.2) is 14.4 Å². The van der Waals surface area contributed by atoms with Gasteiger partial charge in [0.25, 0.3) is 0 Å². The first-order valence-electron chi connectivity index (χ1n) is 8.40. The van der Waals surface area contributed by atoms with Crippen LogP contribution in [0.15, 0.2) is 47.1 Å². The number of allylic oxidation sites excluding steroid dienone is 2. The molecule has 0 fully saturated rings. The molecule has 0 amide bonds. The number of carbonyl (C=O) groups excluding carboxylic acids is 1. The first-order chi connectivity index (χ1) is 12.8. The number of fused-ring (bicyclic) bond motifs is 2. The van der Waals surface area contributed by atoms with E-state index in [4.69, 9.17) is 4.74 Å². The number of esters is 1. The van der Waals surface area contributed by atoms with Gasteiger partial charge in [-0.1, -0.05) is 6.08 Å². The van der Waals surface area contributed by atoms with E-state index < -0.39 is 46.5 Å². The van der Waals surface area contributed by atoms with Crippen molar-refractivity contribution in [2.45, 2.75) is 44.4 Å². The molecule has 1 aromatic rings. The van der Waals surface area contributed by atoms with Crippen LogP contribution >= 0.6 is 0 Å². The second-order valence-electron chi connectivity index (χ2n) is 7.53. The van der Waals surface area contributed by atoms with E-state index >= 15 is 0 Å². The van der Waals surface area contributed by atoms with Gasteiger partial charge in [0.05, 0.1) is 12.1 Å². The Morgan fingerprint density at radius 1 is 1.29 bits per heavy atom. The Morgan fingerprint density at radius 2 is 1.96 bits per heavy atom. The number of hydroxylamine groups is 2. The zero-order chi connectivity index (χ0) is 20.9. The minimum Gasteiger partial charge on any atom is -0.460 e. The molecule has 1 atom stereocenters. The largest absolute Gasteiger partial charge is 0.460 e. The molecule has 0 saturated carbocycles. The average Bonchev–Trinajstić information content (AvgIpc) is 2.53. The predicted octanol–water partition coefficient (Wildman–Crippen LogP) is 4.55. The van der Waals surface area contributed by atoms with Crippen LogP contribution in [-0.4, -0.2) is 33.9 Å². The van der Waals surface area contributed by atoms with Crippen molar-refractivity contribution in [1.29, 1.82) is 0 Å². The second-order valence-corrected chi connectivity index (χ2v) is 7.53. The van der Waals surface area contributed by atoms with Crippen molar-refractivity contribution in [2.75, 3.05) is 0 Å². The van der Waals surface area contributed by atoms with E-state index in [0.29, 0.717) is 11.1 Å². The normalized spacial score (nSPS) is 21.5. The van der Waals surface area contributed by atoms with Gasteiger partial charge >= 0.3 is 12.1 Å². The first kappa shape index (κ1) is 20.1. The van der Waals surface area contributed by atoms with Gasteiger partial charge in [0.15, 0.2) is 5.84 Å². The topological polar surface area (TPSA) is 62.1 Å². The molecule has 0 aromatic heterocycles. The van der Waals surface area contributed by atoms with Crippen molar-refractivity contribution < 1.29 is 32.3 Å². The lowest BCUT2D eigenvalue weighted by Gasteiger charge is -2.43. The van der Waals surface area contributed by atoms with Crippen LogP contribution in [0.2, 0.25) is 0 Å². The summed E-state index contributed by atoms with van der Waals surface area (Å²) in [7, 11) is 0. The van der Waals surface area contributed by atoms with Gasteiger partial charge < -0.3 is 4.74 Å². The van der Waals surface area contributed by atoms with Crippen molar-refractivity contribution in [1.82, 2.24) is 5.06 Å². The Morgan fingerprint density at radius 3 is 2.57 bits per heavy atom. The fraction of sp³-hybridized carbons (Fsp3) is 0.368. The van der Waals surface area contributed by atoms with E-state index in [1.165, 1.54) is 26.8 Å².